The van der Waals surface area contributed by atoms with Gasteiger partial charge in [-0.05, 0) is 29.3 Å². The molecule has 0 aromatic heterocycles. The number of ether oxygens (including phenoxy) is 3. The lowest BCUT2D eigenvalue weighted by molar-refractivity contribution is -0.120. The highest BCUT2D eigenvalue weighted by Gasteiger charge is 2.14. The van der Waals surface area contributed by atoms with Gasteiger partial charge in [0.05, 0.1) is 20.3 Å². The molecule has 0 aliphatic rings. The summed E-state index contributed by atoms with van der Waals surface area (Å²) in [7, 11) is 2.87. The molecule has 0 heterocycles. The molecule has 0 saturated heterocycles. The predicted octanol–water partition coefficient (Wildman–Crippen LogP) is 2.49. The SMILES string of the molecule is COCc1cccc(CNC(=O)CNC(=O)c2ccc(OC(F)F)c(OC)c2)c1. The minimum atomic E-state index is -3.01. The number of benzene rings is 2. The van der Waals surface area contributed by atoms with Crippen molar-refractivity contribution < 1.29 is 32.6 Å². The van der Waals surface area contributed by atoms with Crippen molar-refractivity contribution in [2.24, 2.45) is 0 Å². The van der Waals surface area contributed by atoms with Crippen molar-refractivity contribution in [3.8, 4) is 11.5 Å². The van der Waals surface area contributed by atoms with Crippen molar-refractivity contribution in [3.63, 3.8) is 0 Å². The van der Waals surface area contributed by atoms with Crippen molar-refractivity contribution in [1.29, 1.82) is 0 Å². The summed E-state index contributed by atoms with van der Waals surface area (Å²) in [6, 6.07) is 11.3. The number of hydrogen-bond donors (Lipinski definition) is 2. The Bertz CT molecular complexity index is 845. The van der Waals surface area contributed by atoms with Crippen LogP contribution < -0.4 is 20.1 Å². The van der Waals surface area contributed by atoms with E-state index in [4.69, 9.17) is 9.47 Å². The molecule has 2 N–H and O–H groups in total. The number of alkyl halides is 2. The highest BCUT2D eigenvalue weighted by molar-refractivity contribution is 5.97. The molecule has 0 aliphatic heterocycles. The molecule has 2 rings (SSSR count). The van der Waals surface area contributed by atoms with Crippen LogP contribution in [0.4, 0.5) is 8.78 Å². The Labute approximate surface area is 167 Å². The van der Waals surface area contributed by atoms with Crippen LogP contribution in [0.2, 0.25) is 0 Å². The normalized spacial score (nSPS) is 10.5. The average Bonchev–Trinajstić information content (AvgIpc) is 2.71. The molecule has 0 aliphatic carbocycles. The van der Waals surface area contributed by atoms with Crippen LogP contribution in [-0.2, 0) is 22.7 Å². The summed E-state index contributed by atoms with van der Waals surface area (Å²) >= 11 is 0. The zero-order chi connectivity index (χ0) is 21.2. The molecule has 156 valence electrons. The third-order valence-corrected chi connectivity index (χ3v) is 3.84. The van der Waals surface area contributed by atoms with Crippen LogP contribution in [0.5, 0.6) is 11.5 Å². The van der Waals surface area contributed by atoms with Gasteiger partial charge in [0, 0.05) is 19.2 Å². The van der Waals surface area contributed by atoms with E-state index in [-0.39, 0.29) is 29.5 Å². The number of hydrogen-bond acceptors (Lipinski definition) is 5. The zero-order valence-corrected chi connectivity index (χ0v) is 16.0. The van der Waals surface area contributed by atoms with Crippen LogP contribution in [0.1, 0.15) is 21.5 Å². The first-order valence-corrected chi connectivity index (χ1v) is 8.67. The second-order valence-electron chi connectivity index (χ2n) is 5.96. The number of carbonyl (C=O) groups excluding carboxylic acids is 2. The molecule has 29 heavy (non-hydrogen) atoms. The van der Waals surface area contributed by atoms with E-state index in [1.54, 1.807) is 7.11 Å². The highest BCUT2D eigenvalue weighted by atomic mass is 19.3. The second-order valence-corrected chi connectivity index (χ2v) is 5.96. The van der Waals surface area contributed by atoms with Crippen molar-refractivity contribution in [2.75, 3.05) is 20.8 Å². The summed E-state index contributed by atoms with van der Waals surface area (Å²) in [5.74, 6) is -1.13. The Kier molecular flexibility index (Phi) is 8.35. The van der Waals surface area contributed by atoms with E-state index < -0.39 is 12.5 Å². The predicted molar refractivity (Wildman–Crippen MR) is 101 cm³/mol. The van der Waals surface area contributed by atoms with Gasteiger partial charge in [-0.25, -0.2) is 0 Å². The zero-order valence-electron chi connectivity index (χ0n) is 16.0. The van der Waals surface area contributed by atoms with E-state index >= 15 is 0 Å². The fourth-order valence-electron chi connectivity index (χ4n) is 2.52. The molecule has 2 amide bonds. The Hall–Kier alpha value is -3.20. The van der Waals surface area contributed by atoms with E-state index in [0.29, 0.717) is 13.2 Å². The average molecular weight is 408 g/mol. The maximum atomic E-state index is 12.4. The van der Waals surface area contributed by atoms with E-state index in [9.17, 15) is 18.4 Å². The topological polar surface area (TPSA) is 85.9 Å². The van der Waals surface area contributed by atoms with Gasteiger partial charge in [0.15, 0.2) is 11.5 Å². The van der Waals surface area contributed by atoms with Gasteiger partial charge in [0.1, 0.15) is 0 Å². The van der Waals surface area contributed by atoms with Crippen molar-refractivity contribution in [2.45, 2.75) is 19.8 Å². The van der Waals surface area contributed by atoms with E-state index in [1.165, 1.54) is 25.3 Å². The summed E-state index contributed by atoms with van der Waals surface area (Å²) in [6.45, 7) is -2.47. The molecule has 0 saturated carbocycles. The molecule has 0 bridgehead atoms. The molecule has 0 unspecified atom stereocenters. The third kappa shape index (κ3) is 7.04. The highest BCUT2D eigenvalue weighted by Crippen LogP contribution is 2.29. The quantitative estimate of drug-likeness (QED) is 0.631. The molecule has 0 fully saturated rings. The molecular formula is C20H22F2N2O5. The molecule has 0 atom stereocenters. The summed E-state index contributed by atoms with van der Waals surface area (Å²) in [5, 5.41) is 5.17. The molecular weight excluding hydrogens is 386 g/mol. The van der Waals surface area contributed by atoms with Crippen LogP contribution >= 0.6 is 0 Å². The molecule has 0 radical (unpaired) electrons. The molecule has 2 aromatic rings. The van der Waals surface area contributed by atoms with Crippen molar-refractivity contribution in [1.82, 2.24) is 10.6 Å². The Morgan fingerprint density at radius 2 is 1.76 bits per heavy atom. The lowest BCUT2D eigenvalue weighted by atomic mass is 10.1. The van der Waals surface area contributed by atoms with Gasteiger partial charge in [0.25, 0.3) is 5.91 Å². The smallest absolute Gasteiger partial charge is 0.387 e. The van der Waals surface area contributed by atoms with Crippen LogP contribution in [0.25, 0.3) is 0 Å². The number of carbonyl (C=O) groups is 2. The summed E-state index contributed by atoms with van der Waals surface area (Å²) in [5.41, 5.74) is 2.03. The first-order chi connectivity index (χ1) is 13.9. The monoisotopic (exact) mass is 408 g/mol. The maximum Gasteiger partial charge on any atom is 0.387 e. The lowest BCUT2D eigenvalue weighted by Gasteiger charge is -2.12. The minimum Gasteiger partial charge on any atom is -0.493 e. The van der Waals surface area contributed by atoms with Gasteiger partial charge in [-0.1, -0.05) is 24.3 Å². The minimum absolute atomic E-state index is 0.0154. The molecule has 0 spiro atoms. The van der Waals surface area contributed by atoms with Gasteiger partial charge in [0.2, 0.25) is 5.91 Å². The standard InChI is InChI=1S/C20H22F2N2O5/c1-27-12-14-5-3-4-13(8-14)10-23-18(25)11-24-19(26)15-6-7-16(29-20(21)22)17(9-15)28-2/h3-9,20H,10-12H2,1-2H3,(H,23,25)(H,24,26). The summed E-state index contributed by atoms with van der Waals surface area (Å²) in [4.78, 5) is 24.2. The Morgan fingerprint density at radius 3 is 2.45 bits per heavy atom. The maximum absolute atomic E-state index is 12.4. The van der Waals surface area contributed by atoms with Crippen LogP contribution in [0, 0.1) is 0 Å². The summed E-state index contributed by atoms with van der Waals surface area (Å²) < 4.78 is 39.0. The number of methoxy groups -OCH3 is 2. The fourth-order valence-corrected chi connectivity index (χ4v) is 2.52. The molecule has 9 heteroatoms. The largest absolute Gasteiger partial charge is 0.493 e. The molecule has 7 nitrogen and oxygen atoms in total. The van der Waals surface area contributed by atoms with Gasteiger partial charge < -0.3 is 24.8 Å². The summed E-state index contributed by atoms with van der Waals surface area (Å²) in [6.07, 6.45) is 0. The van der Waals surface area contributed by atoms with Gasteiger partial charge in [-0.15, -0.1) is 0 Å². The van der Waals surface area contributed by atoms with Crippen LogP contribution in [0.3, 0.4) is 0 Å². The van der Waals surface area contributed by atoms with Gasteiger partial charge in [-0.3, -0.25) is 9.59 Å². The first kappa shape index (κ1) is 22.1. The first-order valence-electron chi connectivity index (χ1n) is 8.67. The lowest BCUT2D eigenvalue weighted by Crippen LogP contribution is -2.36. The number of amides is 2. The second kappa shape index (κ2) is 11.0. The van der Waals surface area contributed by atoms with Crippen molar-refractivity contribution >= 4 is 11.8 Å². The number of nitrogens with one attached hydrogen (secondary N) is 2. The Balaban J connectivity index is 1.86. The van der Waals surface area contributed by atoms with Crippen molar-refractivity contribution in [3.05, 3.63) is 59.2 Å². The van der Waals surface area contributed by atoms with Crippen LogP contribution in [-0.4, -0.2) is 39.2 Å². The van der Waals surface area contributed by atoms with Gasteiger partial charge >= 0.3 is 6.61 Å². The number of halogens is 2. The number of rotatable bonds is 10. The molecule has 2 aromatic carbocycles. The van der Waals surface area contributed by atoms with Gasteiger partial charge in [-0.2, -0.15) is 8.78 Å². The van der Waals surface area contributed by atoms with E-state index in [0.717, 1.165) is 11.1 Å². The third-order valence-electron chi connectivity index (χ3n) is 3.84. The van der Waals surface area contributed by atoms with E-state index in [1.807, 2.05) is 24.3 Å². The van der Waals surface area contributed by atoms with E-state index in [2.05, 4.69) is 15.4 Å². The Morgan fingerprint density at radius 1 is 1.00 bits per heavy atom. The van der Waals surface area contributed by atoms with Crippen LogP contribution in [0.15, 0.2) is 42.5 Å². The fraction of sp³-hybridized carbons (Fsp3) is 0.300.